The van der Waals surface area contributed by atoms with E-state index in [1.807, 2.05) is 13.8 Å². The number of hydrogen-bond donors (Lipinski definition) is 3. The minimum Gasteiger partial charge on any atom is -0.396 e. The molecule has 1 aromatic rings. The minimum absolute atomic E-state index is 0.391. The van der Waals surface area contributed by atoms with Crippen molar-refractivity contribution in [1.82, 2.24) is 4.98 Å². The zero-order valence-corrected chi connectivity index (χ0v) is 7.39. The third-order valence-electron chi connectivity index (χ3n) is 2.06. The number of nitrogens with two attached hydrogens (primary N) is 3. The standard InChI is InChI=1S/C8H14N4/c1-4-6(3-9)5(2)12-8(11)7(4)10/h3,9-10H2,1-2H3,(H2,11,12). The summed E-state index contributed by atoms with van der Waals surface area (Å²) < 4.78 is 0. The maximum atomic E-state index is 5.68. The number of nitrogen functional groups attached to an aromatic ring is 2. The van der Waals surface area contributed by atoms with Crippen LogP contribution in [0.15, 0.2) is 0 Å². The Morgan fingerprint density at radius 1 is 1.25 bits per heavy atom. The molecule has 0 unspecified atom stereocenters. The first-order valence-electron chi connectivity index (χ1n) is 3.79. The molecule has 0 saturated heterocycles. The van der Waals surface area contributed by atoms with Gasteiger partial charge in [0, 0.05) is 12.2 Å². The first-order valence-corrected chi connectivity index (χ1v) is 3.79. The van der Waals surface area contributed by atoms with Crippen molar-refractivity contribution < 1.29 is 0 Å². The predicted octanol–water partition coefficient (Wildman–Crippen LogP) is 0.322. The van der Waals surface area contributed by atoms with Gasteiger partial charge in [-0.25, -0.2) is 4.98 Å². The molecule has 0 aliphatic rings. The summed E-state index contributed by atoms with van der Waals surface area (Å²) in [5.41, 5.74) is 20.1. The molecular weight excluding hydrogens is 152 g/mol. The van der Waals surface area contributed by atoms with E-state index in [2.05, 4.69) is 4.98 Å². The van der Waals surface area contributed by atoms with Gasteiger partial charge in [-0.2, -0.15) is 0 Å². The number of anilines is 2. The Morgan fingerprint density at radius 2 is 1.83 bits per heavy atom. The molecule has 0 saturated carbocycles. The fourth-order valence-electron chi connectivity index (χ4n) is 1.24. The highest BCUT2D eigenvalue weighted by Crippen LogP contribution is 2.22. The van der Waals surface area contributed by atoms with Crippen LogP contribution in [0.3, 0.4) is 0 Å². The Bertz CT molecular complexity index is 306. The Hall–Kier alpha value is -1.29. The second-order valence-corrected chi connectivity index (χ2v) is 2.80. The summed E-state index contributed by atoms with van der Waals surface area (Å²) in [6, 6.07) is 0. The van der Waals surface area contributed by atoms with E-state index in [4.69, 9.17) is 17.2 Å². The molecular formula is C8H14N4. The Labute approximate surface area is 71.8 Å². The summed E-state index contributed by atoms with van der Waals surface area (Å²) in [4.78, 5) is 4.08. The van der Waals surface area contributed by atoms with E-state index < -0.39 is 0 Å². The number of rotatable bonds is 1. The fourth-order valence-corrected chi connectivity index (χ4v) is 1.24. The molecule has 0 aliphatic carbocycles. The zero-order chi connectivity index (χ0) is 9.30. The topological polar surface area (TPSA) is 90.9 Å². The summed E-state index contributed by atoms with van der Waals surface area (Å²) >= 11 is 0. The summed E-state index contributed by atoms with van der Waals surface area (Å²) in [6.07, 6.45) is 0. The Kier molecular flexibility index (Phi) is 2.19. The van der Waals surface area contributed by atoms with Gasteiger partial charge in [0.2, 0.25) is 0 Å². The fraction of sp³-hybridized carbons (Fsp3) is 0.375. The molecule has 0 atom stereocenters. The van der Waals surface area contributed by atoms with Crippen molar-refractivity contribution in [2.24, 2.45) is 5.73 Å². The lowest BCUT2D eigenvalue weighted by Crippen LogP contribution is -2.09. The van der Waals surface area contributed by atoms with Crippen molar-refractivity contribution in [3.8, 4) is 0 Å². The third kappa shape index (κ3) is 1.21. The van der Waals surface area contributed by atoms with Crippen molar-refractivity contribution in [3.05, 3.63) is 16.8 Å². The van der Waals surface area contributed by atoms with Crippen LogP contribution in [0.1, 0.15) is 16.8 Å². The summed E-state index contributed by atoms with van der Waals surface area (Å²) in [5, 5.41) is 0. The van der Waals surface area contributed by atoms with E-state index in [-0.39, 0.29) is 0 Å². The van der Waals surface area contributed by atoms with Crippen LogP contribution in [0.2, 0.25) is 0 Å². The quantitative estimate of drug-likeness (QED) is 0.560. The van der Waals surface area contributed by atoms with Crippen LogP contribution in [0, 0.1) is 13.8 Å². The monoisotopic (exact) mass is 166 g/mol. The van der Waals surface area contributed by atoms with Crippen molar-refractivity contribution in [2.45, 2.75) is 20.4 Å². The molecule has 0 spiro atoms. The van der Waals surface area contributed by atoms with Gasteiger partial charge >= 0.3 is 0 Å². The second-order valence-electron chi connectivity index (χ2n) is 2.80. The van der Waals surface area contributed by atoms with Crippen LogP contribution in [-0.2, 0) is 6.54 Å². The second kappa shape index (κ2) is 2.98. The summed E-state index contributed by atoms with van der Waals surface area (Å²) in [5.74, 6) is 0.391. The molecule has 4 nitrogen and oxygen atoms in total. The van der Waals surface area contributed by atoms with Crippen LogP contribution in [0.4, 0.5) is 11.5 Å². The minimum atomic E-state index is 0.391. The smallest absolute Gasteiger partial charge is 0.147 e. The first kappa shape index (κ1) is 8.80. The molecule has 1 rings (SSSR count). The molecule has 0 aromatic carbocycles. The number of aromatic nitrogens is 1. The Morgan fingerprint density at radius 3 is 2.33 bits per heavy atom. The van der Waals surface area contributed by atoms with Gasteiger partial charge in [0.1, 0.15) is 5.82 Å². The molecule has 1 heterocycles. The van der Waals surface area contributed by atoms with Gasteiger partial charge < -0.3 is 17.2 Å². The van der Waals surface area contributed by atoms with E-state index in [0.29, 0.717) is 18.1 Å². The summed E-state index contributed by atoms with van der Waals surface area (Å²) in [6.45, 7) is 4.24. The third-order valence-corrected chi connectivity index (χ3v) is 2.06. The first-order chi connectivity index (χ1) is 5.57. The van der Waals surface area contributed by atoms with Gasteiger partial charge in [-0.05, 0) is 25.0 Å². The van der Waals surface area contributed by atoms with Gasteiger partial charge in [-0.1, -0.05) is 0 Å². The van der Waals surface area contributed by atoms with Crippen LogP contribution < -0.4 is 17.2 Å². The van der Waals surface area contributed by atoms with Crippen LogP contribution in [-0.4, -0.2) is 4.98 Å². The highest BCUT2D eigenvalue weighted by molar-refractivity contribution is 5.65. The van der Waals surface area contributed by atoms with E-state index in [0.717, 1.165) is 16.8 Å². The molecule has 12 heavy (non-hydrogen) atoms. The highest BCUT2D eigenvalue weighted by atomic mass is 14.9. The highest BCUT2D eigenvalue weighted by Gasteiger charge is 2.08. The van der Waals surface area contributed by atoms with Crippen molar-refractivity contribution in [1.29, 1.82) is 0 Å². The molecule has 0 amide bonds. The molecule has 0 radical (unpaired) electrons. The largest absolute Gasteiger partial charge is 0.396 e. The molecule has 6 N–H and O–H groups in total. The van der Waals surface area contributed by atoms with Gasteiger partial charge in [0.05, 0.1) is 5.69 Å². The molecule has 0 aliphatic heterocycles. The van der Waals surface area contributed by atoms with E-state index in [1.54, 1.807) is 0 Å². The lowest BCUT2D eigenvalue weighted by Gasteiger charge is -2.11. The predicted molar refractivity (Wildman–Crippen MR) is 50.4 cm³/mol. The molecule has 66 valence electrons. The van der Waals surface area contributed by atoms with E-state index in [1.165, 1.54) is 0 Å². The number of aryl methyl sites for hydroxylation is 1. The van der Waals surface area contributed by atoms with E-state index >= 15 is 0 Å². The maximum Gasteiger partial charge on any atom is 0.147 e. The molecule has 1 aromatic heterocycles. The lowest BCUT2D eigenvalue weighted by molar-refractivity contribution is 0.993. The number of nitrogens with zero attached hydrogens (tertiary/aromatic N) is 1. The molecule has 0 bridgehead atoms. The summed E-state index contributed by atoms with van der Waals surface area (Å²) in [7, 11) is 0. The number of hydrogen-bond acceptors (Lipinski definition) is 4. The van der Waals surface area contributed by atoms with Crippen molar-refractivity contribution in [3.63, 3.8) is 0 Å². The normalized spacial score (nSPS) is 10.2. The van der Waals surface area contributed by atoms with Crippen LogP contribution in [0.5, 0.6) is 0 Å². The van der Waals surface area contributed by atoms with Gasteiger partial charge in [-0.15, -0.1) is 0 Å². The van der Waals surface area contributed by atoms with Gasteiger partial charge in [0.15, 0.2) is 0 Å². The van der Waals surface area contributed by atoms with Gasteiger partial charge in [0.25, 0.3) is 0 Å². The average molecular weight is 166 g/mol. The van der Waals surface area contributed by atoms with Crippen molar-refractivity contribution >= 4 is 11.5 Å². The van der Waals surface area contributed by atoms with E-state index in [9.17, 15) is 0 Å². The zero-order valence-electron chi connectivity index (χ0n) is 7.39. The Balaban J connectivity index is 3.40. The average Bonchev–Trinajstić information content (AvgIpc) is 2.01. The van der Waals surface area contributed by atoms with Gasteiger partial charge in [-0.3, -0.25) is 0 Å². The number of pyridine rings is 1. The maximum absolute atomic E-state index is 5.68. The lowest BCUT2D eigenvalue weighted by atomic mass is 10.1. The molecule has 4 heteroatoms. The molecule has 0 fully saturated rings. The van der Waals surface area contributed by atoms with Crippen LogP contribution in [0.25, 0.3) is 0 Å². The van der Waals surface area contributed by atoms with Crippen LogP contribution >= 0.6 is 0 Å². The SMILES string of the molecule is Cc1nc(N)c(N)c(C)c1CN. The van der Waals surface area contributed by atoms with Crippen molar-refractivity contribution in [2.75, 3.05) is 11.5 Å².